The molecule has 8 heteroatoms. The Morgan fingerprint density at radius 2 is 2.03 bits per heavy atom. The number of H-pyrrole nitrogens is 1. The van der Waals surface area contributed by atoms with Crippen molar-refractivity contribution < 1.29 is 14.3 Å². The molecular weight excluding hydrogens is 454 g/mol. The van der Waals surface area contributed by atoms with Gasteiger partial charge in [0.05, 0.1) is 23.7 Å². The third-order valence-electron chi connectivity index (χ3n) is 8.06. The molecule has 188 valence electrons. The smallest absolute Gasteiger partial charge is 0.255 e. The maximum atomic E-state index is 13.6. The SMILES string of the molecule is CCC(=O)N1C[C@@H](NC(=O)c2c(C)[nH]c3c(-c4cc(C)ccc4OCC4CC4)ncnc23)C2(CC2)C1. The molecule has 3 heterocycles. The number of ether oxygens (including phenoxy) is 1. The Bertz CT molecular complexity index is 1350. The summed E-state index contributed by atoms with van der Waals surface area (Å²) in [6, 6.07) is 6.09. The van der Waals surface area contributed by atoms with Gasteiger partial charge in [-0.25, -0.2) is 9.97 Å². The number of hydrogen-bond acceptors (Lipinski definition) is 5. The second kappa shape index (κ2) is 8.61. The van der Waals surface area contributed by atoms with Crippen LogP contribution in [0.25, 0.3) is 22.3 Å². The van der Waals surface area contributed by atoms with Crippen molar-refractivity contribution in [2.24, 2.45) is 11.3 Å². The van der Waals surface area contributed by atoms with Crippen LogP contribution in [-0.4, -0.2) is 57.4 Å². The minimum Gasteiger partial charge on any atom is -0.493 e. The number of benzene rings is 1. The molecule has 2 aliphatic carbocycles. The van der Waals surface area contributed by atoms with E-state index < -0.39 is 0 Å². The monoisotopic (exact) mass is 487 g/mol. The normalized spacial score (nSPS) is 20.2. The number of aromatic nitrogens is 3. The summed E-state index contributed by atoms with van der Waals surface area (Å²) in [7, 11) is 0. The first-order valence-electron chi connectivity index (χ1n) is 13.0. The highest BCUT2D eigenvalue weighted by atomic mass is 16.5. The van der Waals surface area contributed by atoms with Gasteiger partial charge in [-0.05, 0) is 57.6 Å². The molecule has 3 aromatic rings. The zero-order chi connectivity index (χ0) is 25.0. The molecule has 0 unspecified atom stereocenters. The van der Waals surface area contributed by atoms with Gasteiger partial charge in [-0.2, -0.15) is 0 Å². The maximum absolute atomic E-state index is 13.6. The molecule has 2 aromatic heterocycles. The van der Waals surface area contributed by atoms with Crippen molar-refractivity contribution in [3.8, 4) is 17.0 Å². The van der Waals surface area contributed by atoms with Crippen molar-refractivity contribution >= 4 is 22.8 Å². The summed E-state index contributed by atoms with van der Waals surface area (Å²) >= 11 is 0. The maximum Gasteiger partial charge on any atom is 0.255 e. The Morgan fingerprint density at radius 1 is 1.22 bits per heavy atom. The van der Waals surface area contributed by atoms with Gasteiger partial charge in [0.1, 0.15) is 23.3 Å². The molecule has 1 atom stereocenters. The molecular formula is C28H33N5O3. The van der Waals surface area contributed by atoms with Gasteiger partial charge in [-0.3, -0.25) is 9.59 Å². The lowest BCUT2D eigenvalue weighted by Gasteiger charge is -2.18. The molecule has 1 spiro atoms. The van der Waals surface area contributed by atoms with E-state index in [0.29, 0.717) is 36.6 Å². The standard InChI is InChI=1S/C28H33N5O3/c1-4-22(34)33-12-21(28(14-33)9-10-28)32-27(35)23-17(3)31-26-24(29-15-30-25(23)26)19-11-16(2)5-8-20(19)36-13-18-6-7-18/h5,8,11,15,18,21,31H,4,6-7,9-10,12-14H2,1-3H3,(H,32,35)/t21-/m1/s1. The van der Waals surface area contributed by atoms with Crippen molar-refractivity contribution in [2.45, 2.75) is 58.9 Å². The first-order valence-corrected chi connectivity index (χ1v) is 13.0. The van der Waals surface area contributed by atoms with Crippen LogP contribution in [0.5, 0.6) is 5.75 Å². The summed E-state index contributed by atoms with van der Waals surface area (Å²) in [5.41, 5.74) is 5.40. The van der Waals surface area contributed by atoms with E-state index in [0.717, 1.165) is 53.2 Å². The molecule has 2 N–H and O–H groups in total. The highest BCUT2D eigenvalue weighted by Gasteiger charge is 2.56. The number of carbonyl (C=O) groups excluding carboxylic acids is 2. The van der Waals surface area contributed by atoms with E-state index in [1.165, 1.54) is 19.2 Å². The van der Waals surface area contributed by atoms with Gasteiger partial charge in [0.25, 0.3) is 5.91 Å². The van der Waals surface area contributed by atoms with Gasteiger partial charge in [0.15, 0.2) is 0 Å². The number of aromatic amines is 1. The van der Waals surface area contributed by atoms with E-state index in [-0.39, 0.29) is 23.3 Å². The van der Waals surface area contributed by atoms with E-state index in [4.69, 9.17) is 4.74 Å². The summed E-state index contributed by atoms with van der Waals surface area (Å²) in [5.74, 6) is 1.44. The molecule has 2 amide bonds. The summed E-state index contributed by atoms with van der Waals surface area (Å²) in [4.78, 5) is 40.3. The van der Waals surface area contributed by atoms with Crippen LogP contribution in [0.3, 0.4) is 0 Å². The number of aryl methyl sites for hydroxylation is 2. The summed E-state index contributed by atoms with van der Waals surface area (Å²) < 4.78 is 6.18. The number of fused-ring (bicyclic) bond motifs is 1. The van der Waals surface area contributed by atoms with Crippen molar-refractivity contribution in [3.05, 3.63) is 41.3 Å². The Kier molecular flexibility index (Phi) is 5.50. The topological polar surface area (TPSA) is 100 Å². The minimum absolute atomic E-state index is 0.0238. The fraction of sp³-hybridized carbons (Fsp3) is 0.500. The molecule has 2 saturated carbocycles. The first-order chi connectivity index (χ1) is 17.4. The van der Waals surface area contributed by atoms with Crippen LogP contribution in [0.15, 0.2) is 24.5 Å². The lowest BCUT2D eigenvalue weighted by atomic mass is 10.00. The summed E-state index contributed by atoms with van der Waals surface area (Å²) in [6.45, 7) is 7.86. The average molecular weight is 488 g/mol. The molecule has 0 radical (unpaired) electrons. The van der Waals surface area contributed by atoms with E-state index >= 15 is 0 Å². The van der Waals surface area contributed by atoms with Crippen molar-refractivity contribution in [3.63, 3.8) is 0 Å². The second-order valence-corrected chi connectivity index (χ2v) is 10.8. The summed E-state index contributed by atoms with van der Waals surface area (Å²) in [6.07, 6.45) is 6.54. The number of likely N-dealkylation sites (tertiary alicyclic amines) is 1. The molecule has 1 aliphatic heterocycles. The van der Waals surface area contributed by atoms with Crippen LogP contribution >= 0.6 is 0 Å². The van der Waals surface area contributed by atoms with Crippen molar-refractivity contribution in [2.75, 3.05) is 19.7 Å². The van der Waals surface area contributed by atoms with Gasteiger partial charge >= 0.3 is 0 Å². The lowest BCUT2D eigenvalue weighted by Crippen LogP contribution is -2.42. The Balaban J connectivity index is 1.32. The predicted molar refractivity (Wildman–Crippen MR) is 137 cm³/mol. The lowest BCUT2D eigenvalue weighted by molar-refractivity contribution is -0.130. The van der Waals surface area contributed by atoms with Crippen LogP contribution in [0.1, 0.15) is 60.6 Å². The minimum atomic E-state index is -0.153. The number of nitrogens with one attached hydrogen (secondary N) is 2. The van der Waals surface area contributed by atoms with Crippen LogP contribution in [-0.2, 0) is 4.79 Å². The highest BCUT2D eigenvalue weighted by molar-refractivity contribution is 6.09. The van der Waals surface area contributed by atoms with E-state index in [1.54, 1.807) is 0 Å². The highest BCUT2D eigenvalue weighted by Crippen LogP contribution is 2.53. The third-order valence-corrected chi connectivity index (χ3v) is 8.06. The zero-order valence-electron chi connectivity index (χ0n) is 21.2. The number of nitrogens with zero attached hydrogens (tertiary/aromatic N) is 3. The average Bonchev–Trinajstić information content (AvgIpc) is 3.77. The Morgan fingerprint density at radius 3 is 2.75 bits per heavy atom. The van der Waals surface area contributed by atoms with Gasteiger partial charge in [0.2, 0.25) is 5.91 Å². The summed E-state index contributed by atoms with van der Waals surface area (Å²) in [5, 5.41) is 3.26. The van der Waals surface area contributed by atoms with Crippen molar-refractivity contribution in [1.29, 1.82) is 0 Å². The van der Waals surface area contributed by atoms with Crippen LogP contribution in [0.4, 0.5) is 0 Å². The molecule has 3 aliphatic rings. The third kappa shape index (κ3) is 4.02. The quantitative estimate of drug-likeness (QED) is 0.521. The predicted octanol–water partition coefficient (Wildman–Crippen LogP) is 4.16. The molecule has 1 aromatic carbocycles. The molecule has 1 saturated heterocycles. The van der Waals surface area contributed by atoms with E-state index in [1.807, 2.05) is 37.8 Å². The van der Waals surface area contributed by atoms with Gasteiger partial charge in [0, 0.05) is 36.2 Å². The molecule has 0 bridgehead atoms. The Hall–Kier alpha value is -3.42. The fourth-order valence-electron chi connectivity index (χ4n) is 5.53. The fourth-order valence-corrected chi connectivity index (χ4v) is 5.53. The molecule has 36 heavy (non-hydrogen) atoms. The number of carbonyl (C=O) groups is 2. The molecule has 6 rings (SSSR count). The van der Waals surface area contributed by atoms with Crippen molar-refractivity contribution in [1.82, 2.24) is 25.2 Å². The molecule has 8 nitrogen and oxygen atoms in total. The zero-order valence-corrected chi connectivity index (χ0v) is 21.2. The first kappa shape index (κ1) is 23.0. The van der Waals surface area contributed by atoms with E-state index in [9.17, 15) is 9.59 Å². The second-order valence-electron chi connectivity index (χ2n) is 10.8. The molecule has 3 fully saturated rings. The van der Waals surface area contributed by atoms with Gasteiger partial charge in [-0.15, -0.1) is 0 Å². The van der Waals surface area contributed by atoms with Crippen LogP contribution in [0.2, 0.25) is 0 Å². The van der Waals surface area contributed by atoms with Crippen LogP contribution in [0, 0.1) is 25.2 Å². The Labute approximate surface area is 210 Å². The number of hydrogen-bond donors (Lipinski definition) is 2. The van der Waals surface area contributed by atoms with Gasteiger partial charge < -0.3 is 19.9 Å². The largest absolute Gasteiger partial charge is 0.493 e. The van der Waals surface area contributed by atoms with Crippen LogP contribution < -0.4 is 10.1 Å². The number of amides is 2. The van der Waals surface area contributed by atoms with Gasteiger partial charge in [-0.1, -0.05) is 18.6 Å². The van der Waals surface area contributed by atoms with E-state index in [2.05, 4.69) is 26.3 Å². The number of rotatable bonds is 7.